The second-order valence-corrected chi connectivity index (χ2v) is 4.93. The number of hydrogen-bond donors (Lipinski definition) is 0. The highest BCUT2D eigenvalue weighted by atomic mass is 16.5. The Balaban J connectivity index is 4.01. The number of carbonyl (C=O) groups excluding carboxylic acids is 2. The first-order valence-corrected chi connectivity index (χ1v) is 7.44. The van der Waals surface area contributed by atoms with Crippen LogP contribution in [-0.2, 0) is 19.0 Å². The summed E-state index contributed by atoms with van der Waals surface area (Å²) in [5, 5.41) is 0. The molecule has 0 N–H and O–H groups in total. The maximum absolute atomic E-state index is 11.7. The van der Waals surface area contributed by atoms with E-state index in [9.17, 15) is 9.59 Å². The monoisotopic (exact) mass is 307 g/mol. The number of ether oxygens (including phenoxy) is 1. The van der Waals surface area contributed by atoms with Crippen molar-refractivity contribution in [2.45, 2.75) is 26.6 Å². The lowest BCUT2D eigenvalue weighted by molar-refractivity contribution is -0.142. The van der Waals surface area contributed by atoms with Gasteiger partial charge in [-0.05, 0) is 20.3 Å². The fourth-order valence-electron chi connectivity index (χ4n) is 1.54. The number of methoxy groups -OCH3 is 1. The first kappa shape index (κ1) is 20.2. The van der Waals surface area contributed by atoms with Crippen molar-refractivity contribution < 1.29 is 19.0 Å². The van der Waals surface area contributed by atoms with E-state index < -0.39 is 0 Å². The quantitative estimate of drug-likeness (QED) is 0.352. The largest absolute Gasteiger partial charge is 0.531 e. The van der Waals surface area contributed by atoms with Crippen molar-refractivity contribution in [1.29, 1.82) is 0 Å². The van der Waals surface area contributed by atoms with Gasteiger partial charge in [0.1, 0.15) is 0 Å². The summed E-state index contributed by atoms with van der Waals surface area (Å²) in [4.78, 5) is 24.3. The minimum Gasteiger partial charge on any atom is -0.531 e. The fourth-order valence-corrected chi connectivity index (χ4v) is 1.54. The molecule has 6 heteroatoms. The average molecular weight is 307 g/mol. The van der Waals surface area contributed by atoms with Gasteiger partial charge >= 0.3 is 18.9 Å². The van der Waals surface area contributed by atoms with Gasteiger partial charge in [-0.3, -0.25) is 14.5 Å². The molecule has 0 radical (unpaired) electrons. The van der Waals surface area contributed by atoms with E-state index in [-0.39, 0.29) is 31.9 Å². The van der Waals surface area contributed by atoms with Crippen LogP contribution in [0.15, 0.2) is 36.4 Å². The number of carbonyl (C=O) groups is 2. The molecule has 0 amide bonds. The van der Waals surface area contributed by atoms with E-state index in [1.165, 1.54) is 7.11 Å². The number of esters is 1. The zero-order valence-corrected chi connectivity index (χ0v) is 14.0. The maximum atomic E-state index is 11.7. The Bertz CT molecular complexity index is 418. The molecule has 0 aromatic heterocycles. The summed E-state index contributed by atoms with van der Waals surface area (Å²) in [5.74, 6) is 1.03. The number of nitrogens with zero attached hydrogens (tertiary/aromatic N) is 1. The van der Waals surface area contributed by atoms with E-state index in [2.05, 4.69) is 17.7 Å². The average Bonchev–Trinajstić information content (AvgIpc) is 2.45. The van der Waals surface area contributed by atoms with E-state index in [0.717, 1.165) is 12.8 Å². The Morgan fingerprint density at radius 2 is 1.73 bits per heavy atom. The molecule has 0 saturated heterocycles. The van der Waals surface area contributed by atoms with Gasteiger partial charge in [0.15, 0.2) is 0 Å². The van der Waals surface area contributed by atoms with E-state index in [4.69, 9.17) is 4.65 Å². The van der Waals surface area contributed by atoms with Crippen LogP contribution in [0.4, 0.5) is 0 Å². The maximum Gasteiger partial charge on any atom is 0.384 e. The second-order valence-electron chi connectivity index (χ2n) is 4.93. The van der Waals surface area contributed by atoms with Gasteiger partial charge in [-0.15, -0.1) is 0 Å². The van der Waals surface area contributed by atoms with Crippen molar-refractivity contribution in [2.24, 2.45) is 0 Å². The lowest BCUT2D eigenvalue weighted by Crippen LogP contribution is -2.34. The summed E-state index contributed by atoms with van der Waals surface area (Å²) in [5.41, 5.74) is 0. The minimum atomic E-state index is -0.385. The van der Waals surface area contributed by atoms with E-state index >= 15 is 0 Å². The van der Waals surface area contributed by atoms with Crippen LogP contribution in [0.2, 0.25) is 6.82 Å². The summed E-state index contributed by atoms with van der Waals surface area (Å²) < 4.78 is 9.74. The van der Waals surface area contributed by atoms with Crippen LogP contribution in [0.3, 0.4) is 0 Å². The third kappa shape index (κ3) is 12.0. The third-order valence-electron chi connectivity index (χ3n) is 2.65. The Labute approximate surface area is 133 Å². The number of unbranched alkanes of at least 4 members (excludes halogenated alkanes) is 1. The molecule has 0 atom stereocenters. The van der Waals surface area contributed by atoms with Crippen molar-refractivity contribution in [3.8, 4) is 0 Å². The summed E-state index contributed by atoms with van der Waals surface area (Å²) in [6, 6.07) is 0. The standard InChI is InChI=1S/C16H26BNO4/c1-5-6-7-8-9-10-11-12-17(2)22-16(20)14-18(3)13-15(19)21-4/h7-12H,5-6,13-14H2,1-4H3/b8-7+,10-9+,12-11-. The molecule has 0 spiro atoms. The number of rotatable bonds is 10. The van der Waals surface area contributed by atoms with Crippen molar-refractivity contribution >= 4 is 18.9 Å². The number of hydrogen-bond acceptors (Lipinski definition) is 5. The molecule has 0 aliphatic carbocycles. The van der Waals surface area contributed by atoms with Gasteiger partial charge in [0.05, 0.1) is 20.2 Å². The molecule has 22 heavy (non-hydrogen) atoms. The molecule has 0 aliphatic rings. The van der Waals surface area contributed by atoms with E-state index in [1.54, 1.807) is 24.7 Å². The molecule has 0 aromatic rings. The summed E-state index contributed by atoms with van der Waals surface area (Å²) >= 11 is 0. The van der Waals surface area contributed by atoms with E-state index in [0.29, 0.717) is 0 Å². The highest BCUT2D eigenvalue weighted by Gasteiger charge is 2.14. The summed E-state index contributed by atoms with van der Waals surface area (Å²) in [6.07, 6.45) is 12.0. The molecule has 122 valence electrons. The van der Waals surface area contributed by atoms with Gasteiger partial charge in [0, 0.05) is 0 Å². The first-order valence-electron chi connectivity index (χ1n) is 7.44. The zero-order valence-electron chi connectivity index (χ0n) is 14.0. The molecule has 0 fully saturated rings. The molecule has 0 saturated carbocycles. The van der Waals surface area contributed by atoms with Crippen molar-refractivity contribution in [1.82, 2.24) is 4.90 Å². The smallest absolute Gasteiger partial charge is 0.384 e. The molecular weight excluding hydrogens is 281 g/mol. The van der Waals surface area contributed by atoms with Crippen molar-refractivity contribution in [2.75, 3.05) is 27.2 Å². The zero-order chi connectivity index (χ0) is 16.8. The van der Waals surface area contributed by atoms with Crippen LogP contribution in [0.5, 0.6) is 0 Å². The Morgan fingerprint density at radius 1 is 1.09 bits per heavy atom. The highest BCUT2D eigenvalue weighted by Crippen LogP contribution is 1.94. The summed E-state index contributed by atoms with van der Waals surface area (Å²) in [6.45, 7) is 3.71. The van der Waals surface area contributed by atoms with Crippen LogP contribution in [-0.4, -0.2) is 51.0 Å². The van der Waals surface area contributed by atoms with Gasteiger partial charge in [-0.25, -0.2) is 0 Å². The van der Waals surface area contributed by atoms with Crippen LogP contribution < -0.4 is 0 Å². The summed E-state index contributed by atoms with van der Waals surface area (Å²) in [7, 11) is 2.97. The minimum absolute atomic E-state index is 0.0445. The van der Waals surface area contributed by atoms with Crippen molar-refractivity contribution in [3.05, 3.63) is 36.4 Å². The molecule has 0 heterocycles. The molecule has 0 rings (SSSR count). The van der Waals surface area contributed by atoms with Gasteiger partial charge in [-0.2, -0.15) is 0 Å². The number of likely N-dealkylation sites (N-methyl/N-ethyl adjacent to an activating group) is 1. The van der Waals surface area contributed by atoms with Gasteiger partial charge < -0.3 is 9.39 Å². The second kappa shape index (κ2) is 12.9. The fraction of sp³-hybridized carbons (Fsp3) is 0.500. The molecule has 5 nitrogen and oxygen atoms in total. The van der Waals surface area contributed by atoms with E-state index in [1.807, 2.05) is 24.3 Å². The van der Waals surface area contributed by atoms with Gasteiger partial charge in [0.2, 0.25) is 0 Å². The lowest BCUT2D eigenvalue weighted by Gasteiger charge is -2.15. The van der Waals surface area contributed by atoms with Crippen LogP contribution in [0.25, 0.3) is 0 Å². The van der Waals surface area contributed by atoms with Gasteiger partial charge in [0.25, 0.3) is 0 Å². The van der Waals surface area contributed by atoms with Crippen LogP contribution in [0.1, 0.15) is 19.8 Å². The molecule has 0 bridgehead atoms. The predicted octanol–water partition coefficient (Wildman–Crippen LogP) is 2.26. The molecule has 0 aliphatic heterocycles. The molecule has 0 aromatic carbocycles. The van der Waals surface area contributed by atoms with Crippen LogP contribution in [0, 0.1) is 0 Å². The Hall–Kier alpha value is -1.82. The SMILES string of the molecule is CCC/C=C/C=C/C=C\B(C)OC(=O)CN(C)CC(=O)OC. The molecule has 0 unspecified atom stereocenters. The Morgan fingerprint density at radius 3 is 2.36 bits per heavy atom. The Kier molecular flexibility index (Phi) is 11.8. The topological polar surface area (TPSA) is 55.8 Å². The van der Waals surface area contributed by atoms with Crippen molar-refractivity contribution in [3.63, 3.8) is 0 Å². The van der Waals surface area contributed by atoms with Gasteiger partial charge in [-0.1, -0.05) is 49.7 Å². The highest BCUT2D eigenvalue weighted by molar-refractivity contribution is 6.58. The number of allylic oxidation sites excluding steroid dienone is 5. The normalized spacial score (nSPS) is 11.7. The molecular formula is C16H26BNO4. The first-order chi connectivity index (χ1) is 10.5. The van der Waals surface area contributed by atoms with Crippen LogP contribution >= 0.6 is 0 Å². The lowest BCUT2D eigenvalue weighted by atomic mass is 9.71. The predicted molar refractivity (Wildman–Crippen MR) is 89.6 cm³/mol. The third-order valence-corrected chi connectivity index (χ3v) is 2.65.